The topological polar surface area (TPSA) is 96.3 Å². The number of nitriles is 1. The molecule has 0 heterocycles. The number of nitrogens with one attached hydrogen (secondary N) is 1. The quantitative estimate of drug-likeness (QED) is 0.710. The lowest BCUT2D eigenvalue weighted by Crippen LogP contribution is -2.38. The summed E-state index contributed by atoms with van der Waals surface area (Å²) in [4.78, 5) is 10.8. The molecule has 1 N–H and O–H groups in total. The summed E-state index contributed by atoms with van der Waals surface area (Å²) in [6.45, 7) is 0. The van der Waals surface area contributed by atoms with Gasteiger partial charge in [-0.2, -0.15) is 5.26 Å². The van der Waals surface area contributed by atoms with Gasteiger partial charge in [0.25, 0.3) is 0 Å². The van der Waals surface area contributed by atoms with Crippen LogP contribution in [0.2, 0.25) is 0 Å². The highest BCUT2D eigenvalue weighted by Gasteiger charge is 2.30. The van der Waals surface area contributed by atoms with E-state index in [1.54, 1.807) is 0 Å². The van der Waals surface area contributed by atoms with Crippen molar-refractivity contribution >= 4 is 16.0 Å². The summed E-state index contributed by atoms with van der Waals surface area (Å²) in [5, 5.41) is 8.83. The third-order valence-corrected chi connectivity index (χ3v) is 4.22. The number of rotatable bonds is 5. The van der Waals surface area contributed by atoms with Crippen molar-refractivity contribution in [3.05, 3.63) is 0 Å². The number of hydrogen-bond donors (Lipinski definition) is 1. The van der Waals surface area contributed by atoms with Crippen molar-refractivity contribution in [2.24, 2.45) is 5.92 Å². The van der Waals surface area contributed by atoms with E-state index in [-0.39, 0.29) is 24.1 Å². The number of hydrogen-bond acceptors (Lipinski definition) is 5. The largest absolute Gasteiger partial charge is 0.469 e. The molecule has 0 aliphatic heterocycles. The molecule has 7 heteroatoms. The Balaban J connectivity index is 2.49. The van der Waals surface area contributed by atoms with Crippen LogP contribution < -0.4 is 4.72 Å². The Bertz CT molecular complexity index is 413. The van der Waals surface area contributed by atoms with Gasteiger partial charge >= 0.3 is 5.97 Å². The van der Waals surface area contributed by atoms with Crippen LogP contribution in [0.15, 0.2) is 0 Å². The van der Waals surface area contributed by atoms with Gasteiger partial charge in [-0.15, -0.1) is 0 Å². The van der Waals surface area contributed by atoms with Crippen LogP contribution in [0.25, 0.3) is 0 Å². The van der Waals surface area contributed by atoms with E-state index >= 15 is 0 Å². The third-order valence-electron chi connectivity index (χ3n) is 2.82. The highest BCUT2D eigenvalue weighted by atomic mass is 32.2. The first-order valence-electron chi connectivity index (χ1n) is 5.45. The summed E-state index contributed by atoms with van der Waals surface area (Å²) in [7, 11) is -2.30. The number of esters is 1. The maximum absolute atomic E-state index is 11.6. The lowest BCUT2D eigenvalue weighted by atomic mass is 10.1. The smallest absolute Gasteiger partial charge is 0.306 e. The van der Waals surface area contributed by atoms with Crippen LogP contribution in [0.3, 0.4) is 0 Å². The van der Waals surface area contributed by atoms with E-state index in [2.05, 4.69) is 15.5 Å². The highest BCUT2D eigenvalue weighted by Crippen LogP contribution is 2.25. The van der Waals surface area contributed by atoms with Crippen LogP contribution in [0.1, 0.15) is 25.7 Å². The zero-order valence-electron chi connectivity index (χ0n) is 9.68. The lowest BCUT2D eigenvalue weighted by Gasteiger charge is -2.15. The van der Waals surface area contributed by atoms with Gasteiger partial charge < -0.3 is 4.74 Å². The van der Waals surface area contributed by atoms with E-state index in [0.29, 0.717) is 6.42 Å². The second-order valence-corrected chi connectivity index (χ2v) is 5.91. The van der Waals surface area contributed by atoms with E-state index in [1.165, 1.54) is 7.11 Å². The summed E-state index contributed by atoms with van der Waals surface area (Å²) < 4.78 is 30.1. The molecule has 0 aromatic heterocycles. The van der Waals surface area contributed by atoms with Crippen molar-refractivity contribution in [2.45, 2.75) is 31.7 Å². The molecule has 0 radical (unpaired) electrons. The van der Waals surface area contributed by atoms with Gasteiger partial charge in [-0.25, -0.2) is 13.1 Å². The predicted molar refractivity (Wildman–Crippen MR) is 60.3 cm³/mol. The van der Waals surface area contributed by atoms with Crippen LogP contribution in [0.5, 0.6) is 0 Å². The monoisotopic (exact) mass is 260 g/mol. The molecule has 0 spiro atoms. The normalized spacial score (nSPS) is 24.2. The molecule has 0 aromatic rings. The van der Waals surface area contributed by atoms with E-state index in [4.69, 9.17) is 5.26 Å². The summed E-state index contributed by atoms with van der Waals surface area (Å²) in [5.41, 5.74) is 0. The van der Waals surface area contributed by atoms with Crippen molar-refractivity contribution in [3.8, 4) is 6.07 Å². The Kier molecular flexibility index (Phi) is 4.90. The second-order valence-electron chi connectivity index (χ2n) is 4.04. The standard InChI is InChI=1S/C10H16N2O4S/c1-16-10(13)5-6-17(14,15)12-9-4-2-3-8(9)7-11/h8-9,12H,2-6H2,1H3. The molecule has 96 valence electrons. The molecule has 1 fully saturated rings. The zero-order valence-corrected chi connectivity index (χ0v) is 10.5. The first-order valence-corrected chi connectivity index (χ1v) is 7.10. The van der Waals surface area contributed by atoms with Crippen molar-refractivity contribution in [3.63, 3.8) is 0 Å². The van der Waals surface area contributed by atoms with Gasteiger partial charge in [0, 0.05) is 6.04 Å². The fourth-order valence-corrected chi connectivity index (χ4v) is 3.16. The molecule has 6 nitrogen and oxygen atoms in total. The highest BCUT2D eigenvalue weighted by molar-refractivity contribution is 7.89. The maximum atomic E-state index is 11.6. The summed E-state index contributed by atoms with van der Waals surface area (Å²) in [6.07, 6.45) is 2.08. The Morgan fingerprint density at radius 1 is 1.53 bits per heavy atom. The second kappa shape index (κ2) is 5.98. The van der Waals surface area contributed by atoms with Crippen LogP contribution in [0.4, 0.5) is 0 Å². The molecule has 1 aliphatic carbocycles. The van der Waals surface area contributed by atoms with Crippen molar-refractivity contribution in [1.29, 1.82) is 5.26 Å². The minimum atomic E-state index is -3.52. The van der Waals surface area contributed by atoms with Crippen LogP contribution >= 0.6 is 0 Å². The fraction of sp³-hybridized carbons (Fsp3) is 0.800. The average molecular weight is 260 g/mol. The number of carbonyl (C=O) groups is 1. The van der Waals surface area contributed by atoms with Crippen LogP contribution in [-0.2, 0) is 19.6 Å². The number of methoxy groups -OCH3 is 1. The molecular weight excluding hydrogens is 244 g/mol. The van der Waals surface area contributed by atoms with Crippen molar-refractivity contribution in [1.82, 2.24) is 4.72 Å². The first kappa shape index (κ1) is 13.9. The van der Waals surface area contributed by atoms with Crippen LogP contribution in [0, 0.1) is 17.2 Å². The van der Waals surface area contributed by atoms with E-state index in [1.807, 2.05) is 0 Å². The minimum absolute atomic E-state index is 0.171. The Morgan fingerprint density at radius 2 is 2.24 bits per heavy atom. The third kappa shape index (κ3) is 4.32. The molecule has 0 saturated heterocycles. The van der Waals surface area contributed by atoms with Gasteiger partial charge in [0.2, 0.25) is 10.0 Å². The maximum Gasteiger partial charge on any atom is 0.306 e. The molecule has 1 rings (SSSR count). The van der Waals surface area contributed by atoms with Crippen molar-refractivity contribution < 1.29 is 17.9 Å². The Labute approximate surface area is 101 Å². The molecule has 2 atom stereocenters. The van der Waals surface area contributed by atoms with Gasteiger partial charge in [-0.3, -0.25) is 4.79 Å². The number of carbonyl (C=O) groups excluding carboxylic acids is 1. The molecule has 1 aliphatic rings. The number of sulfonamides is 1. The lowest BCUT2D eigenvalue weighted by molar-refractivity contribution is -0.140. The number of ether oxygens (including phenoxy) is 1. The van der Waals surface area contributed by atoms with E-state index in [9.17, 15) is 13.2 Å². The summed E-state index contributed by atoms with van der Waals surface area (Å²) in [5.74, 6) is -1.12. The molecule has 0 aromatic carbocycles. The van der Waals surface area contributed by atoms with E-state index in [0.717, 1.165) is 12.8 Å². The SMILES string of the molecule is COC(=O)CCS(=O)(=O)NC1CCCC1C#N. The molecule has 17 heavy (non-hydrogen) atoms. The minimum Gasteiger partial charge on any atom is -0.469 e. The average Bonchev–Trinajstić information content (AvgIpc) is 2.72. The molecule has 1 saturated carbocycles. The van der Waals surface area contributed by atoms with Gasteiger partial charge in [0.15, 0.2) is 0 Å². The van der Waals surface area contributed by atoms with Crippen molar-refractivity contribution in [2.75, 3.05) is 12.9 Å². The number of nitrogens with zero attached hydrogens (tertiary/aromatic N) is 1. The predicted octanol–water partition coefficient (Wildman–Crippen LogP) is 0.161. The van der Waals surface area contributed by atoms with Gasteiger partial charge in [0.05, 0.1) is 31.3 Å². The summed E-state index contributed by atoms with van der Waals surface area (Å²) >= 11 is 0. The Hall–Kier alpha value is -1.13. The first-order chi connectivity index (χ1) is 7.98. The van der Waals surface area contributed by atoms with E-state index < -0.39 is 16.0 Å². The van der Waals surface area contributed by atoms with Gasteiger partial charge in [-0.1, -0.05) is 6.42 Å². The zero-order chi connectivity index (χ0) is 12.9. The molecular formula is C10H16N2O4S. The molecule has 0 bridgehead atoms. The van der Waals surface area contributed by atoms with Crippen LogP contribution in [-0.4, -0.2) is 33.3 Å². The molecule has 0 amide bonds. The Morgan fingerprint density at radius 3 is 2.82 bits per heavy atom. The fourth-order valence-electron chi connectivity index (χ4n) is 1.86. The van der Waals surface area contributed by atoms with Gasteiger partial charge in [0.1, 0.15) is 0 Å². The summed E-state index contributed by atoms with van der Waals surface area (Å²) in [6, 6.07) is 1.78. The van der Waals surface area contributed by atoms with Gasteiger partial charge in [-0.05, 0) is 12.8 Å². The molecule has 2 unspecified atom stereocenters.